The standard InChI is InChI=1S/C8H8F2O/c1-5(11)8-6(9)3-2-4-7(8)10/h2-3,7H,4H2,1H3/t7-/m0/s1. The highest BCUT2D eigenvalue weighted by molar-refractivity contribution is 5.95. The van der Waals surface area contributed by atoms with E-state index in [2.05, 4.69) is 0 Å². The highest BCUT2D eigenvalue weighted by atomic mass is 19.1. The molecule has 1 aliphatic rings. The summed E-state index contributed by atoms with van der Waals surface area (Å²) in [4.78, 5) is 10.6. The first-order valence-corrected chi connectivity index (χ1v) is 3.34. The van der Waals surface area contributed by atoms with Crippen molar-refractivity contribution in [1.82, 2.24) is 0 Å². The Balaban J connectivity index is 3.01. The molecule has 0 heterocycles. The number of carbonyl (C=O) groups is 1. The second-order valence-electron chi connectivity index (χ2n) is 2.42. The van der Waals surface area contributed by atoms with Crippen molar-refractivity contribution in [2.24, 2.45) is 0 Å². The van der Waals surface area contributed by atoms with Crippen LogP contribution in [-0.4, -0.2) is 12.0 Å². The lowest BCUT2D eigenvalue weighted by Gasteiger charge is -2.11. The van der Waals surface area contributed by atoms with Crippen LogP contribution in [0, 0.1) is 0 Å². The molecule has 0 amide bonds. The van der Waals surface area contributed by atoms with Crippen molar-refractivity contribution in [3.63, 3.8) is 0 Å². The van der Waals surface area contributed by atoms with Crippen LogP contribution in [-0.2, 0) is 4.79 Å². The number of alkyl halides is 1. The van der Waals surface area contributed by atoms with Gasteiger partial charge in [0.2, 0.25) is 0 Å². The topological polar surface area (TPSA) is 17.1 Å². The van der Waals surface area contributed by atoms with E-state index in [4.69, 9.17) is 0 Å². The summed E-state index contributed by atoms with van der Waals surface area (Å²) in [6.45, 7) is 1.17. The number of ketones is 1. The molecule has 0 aliphatic heterocycles. The van der Waals surface area contributed by atoms with E-state index in [1.54, 1.807) is 0 Å². The summed E-state index contributed by atoms with van der Waals surface area (Å²) >= 11 is 0. The molecule has 0 aromatic heterocycles. The van der Waals surface area contributed by atoms with Gasteiger partial charge in [-0.15, -0.1) is 0 Å². The van der Waals surface area contributed by atoms with Crippen LogP contribution in [0.4, 0.5) is 8.78 Å². The molecular formula is C8H8F2O. The van der Waals surface area contributed by atoms with Crippen molar-refractivity contribution >= 4 is 5.78 Å². The predicted molar refractivity (Wildman–Crippen MR) is 37.5 cm³/mol. The number of Topliss-reactive ketones (excluding diaryl/α,β-unsaturated/α-hetero) is 1. The van der Waals surface area contributed by atoms with Crippen molar-refractivity contribution in [3.05, 3.63) is 23.6 Å². The Morgan fingerprint density at radius 2 is 2.36 bits per heavy atom. The van der Waals surface area contributed by atoms with Crippen LogP contribution in [0.1, 0.15) is 13.3 Å². The zero-order chi connectivity index (χ0) is 8.43. The Bertz CT molecular complexity index is 240. The number of allylic oxidation sites excluding steroid dienone is 4. The molecule has 0 aromatic carbocycles. The van der Waals surface area contributed by atoms with Crippen LogP contribution in [0.3, 0.4) is 0 Å². The first-order valence-electron chi connectivity index (χ1n) is 3.34. The molecule has 0 unspecified atom stereocenters. The van der Waals surface area contributed by atoms with Gasteiger partial charge < -0.3 is 0 Å². The van der Waals surface area contributed by atoms with Gasteiger partial charge >= 0.3 is 0 Å². The maximum atomic E-state index is 12.8. The normalized spacial score (nSPS) is 24.1. The van der Waals surface area contributed by atoms with Crippen LogP contribution in [0.15, 0.2) is 23.6 Å². The Labute approximate surface area is 63.4 Å². The van der Waals surface area contributed by atoms with Gasteiger partial charge in [0.1, 0.15) is 12.0 Å². The smallest absolute Gasteiger partial charge is 0.161 e. The molecule has 3 heteroatoms. The highest BCUT2D eigenvalue weighted by Crippen LogP contribution is 2.23. The molecule has 0 spiro atoms. The Morgan fingerprint density at radius 3 is 2.73 bits per heavy atom. The van der Waals surface area contributed by atoms with E-state index in [1.165, 1.54) is 13.0 Å². The molecule has 0 N–H and O–H groups in total. The van der Waals surface area contributed by atoms with E-state index < -0.39 is 17.8 Å². The Hall–Kier alpha value is -0.990. The summed E-state index contributed by atoms with van der Waals surface area (Å²) < 4.78 is 25.5. The minimum Gasteiger partial charge on any atom is -0.295 e. The van der Waals surface area contributed by atoms with Crippen molar-refractivity contribution in [2.45, 2.75) is 19.5 Å². The summed E-state index contributed by atoms with van der Waals surface area (Å²) in [6.07, 6.45) is 1.15. The average molecular weight is 158 g/mol. The van der Waals surface area contributed by atoms with E-state index in [0.717, 1.165) is 6.08 Å². The number of hydrogen-bond donors (Lipinski definition) is 0. The number of carbonyl (C=O) groups excluding carboxylic acids is 1. The van der Waals surface area contributed by atoms with Gasteiger partial charge in [0, 0.05) is 6.42 Å². The van der Waals surface area contributed by atoms with Crippen molar-refractivity contribution in [3.8, 4) is 0 Å². The molecule has 1 nitrogen and oxygen atoms in total. The molecule has 0 bridgehead atoms. The second-order valence-corrected chi connectivity index (χ2v) is 2.42. The first kappa shape index (κ1) is 8.11. The maximum absolute atomic E-state index is 12.8. The molecule has 0 saturated heterocycles. The van der Waals surface area contributed by atoms with Crippen LogP contribution in [0.25, 0.3) is 0 Å². The fourth-order valence-electron chi connectivity index (χ4n) is 1.04. The fourth-order valence-corrected chi connectivity index (χ4v) is 1.04. The van der Waals surface area contributed by atoms with Crippen molar-refractivity contribution in [2.75, 3.05) is 0 Å². The van der Waals surface area contributed by atoms with Gasteiger partial charge in [-0.25, -0.2) is 8.78 Å². The van der Waals surface area contributed by atoms with Gasteiger partial charge in [-0.3, -0.25) is 4.79 Å². The van der Waals surface area contributed by atoms with Crippen LogP contribution in [0.2, 0.25) is 0 Å². The SMILES string of the molecule is CC(=O)C1=C(F)C=CC[C@@H]1F. The molecule has 11 heavy (non-hydrogen) atoms. The minimum atomic E-state index is -1.46. The molecular weight excluding hydrogens is 150 g/mol. The lowest BCUT2D eigenvalue weighted by atomic mass is 9.99. The van der Waals surface area contributed by atoms with E-state index >= 15 is 0 Å². The summed E-state index contributed by atoms with van der Waals surface area (Å²) in [5.41, 5.74) is -0.326. The molecule has 1 rings (SSSR count). The van der Waals surface area contributed by atoms with Gasteiger partial charge in [0.15, 0.2) is 5.78 Å². The summed E-state index contributed by atoms with van der Waals surface area (Å²) in [7, 11) is 0. The molecule has 0 aromatic rings. The Kier molecular flexibility index (Phi) is 2.17. The number of halogens is 2. The third-order valence-electron chi connectivity index (χ3n) is 1.56. The third kappa shape index (κ3) is 1.53. The molecule has 0 saturated carbocycles. The van der Waals surface area contributed by atoms with Gasteiger partial charge in [0.25, 0.3) is 0 Å². The highest BCUT2D eigenvalue weighted by Gasteiger charge is 2.22. The third-order valence-corrected chi connectivity index (χ3v) is 1.56. The summed E-state index contributed by atoms with van der Waals surface area (Å²) in [5.74, 6) is -1.27. The quantitative estimate of drug-likeness (QED) is 0.571. The van der Waals surface area contributed by atoms with Crippen molar-refractivity contribution in [1.29, 1.82) is 0 Å². The van der Waals surface area contributed by atoms with Crippen molar-refractivity contribution < 1.29 is 13.6 Å². The lowest BCUT2D eigenvalue weighted by Crippen LogP contribution is -2.14. The molecule has 60 valence electrons. The molecule has 0 fully saturated rings. The van der Waals surface area contributed by atoms with E-state index in [9.17, 15) is 13.6 Å². The van der Waals surface area contributed by atoms with Crippen LogP contribution >= 0.6 is 0 Å². The van der Waals surface area contributed by atoms with Gasteiger partial charge in [-0.1, -0.05) is 6.08 Å². The molecule has 0 radical (unpaired) electrons. The maximum Gasteiger partial charge on any atom is 0.161 e. The number of hydrogen-bond acceptors (Lipinski definition) is 1. The van der Waals surface area contributed by atoms with Crippen LogP contribution in [0.5, 0.6) is 0 Å². The van der Waals surface area contributed by atoms with Gasteiger partial charge in [-0.05, 0) is 13.0 Å². The van der Waals surface area contributed by atoms with Gasteiger partial charge in [-0.2, -0.15) is 0 Å². The number of rotatable bonds is 1. The van der Waals surface area contributed by atoms with Gasteiger partial charge in [0.05, 0.1) is 5.57 Å². The zero-order valence-electron chi connectivity index (χ0n) is 6.10. The minimum absolute atomic E-state index is 0.0995. The fraction of sp³-hybridized carbons (Fsp3) is 0.375. The average Bonchev–Trinajstić information content (AvgIpc) is 1.85. The summed E-state index contributed by atoms with van der Waals surface area (Å²) in [6, 6.07) is 0. The second kappa shape index (κ2) is 2.95. The molecule has 1 atom stereocenters. The molecule has 1 aliphatic carbocycles. The summed E-state index contributed by atoms with van der Waals surface area (Å²) in [5, 5.41) is 0. The zero-order valence-corrected chi connectivity index (χ0v) is 6.10. The monoisotopic (exact) mass is 158 g/mol. The van der Waals surface area contributed by atoms with E-state index in [-0.39, 0.29) is 12.0 Å². The predicted octanol–water partition coefficient (Wildman–Crippen LogP) is 2.10. The largest absolute Gasteiger partial charge is 0.295 e. The first-order chi connectivity index (χ1) is 5.13. The Morgan fingerprint density at radius 1 is 1.73 bits per heavy atom. The lowest BCUT2D eigenvalue weighted by molar-refractivity contribution is -0.114. The van der Waals surface area contributed by atoms with Crippen LogP contribution < -0.4 is 0 Å². The van der Waals surface area contributed by atoms with E-state index in [1.807, 2.05) is 0 Å². The van der Waals surface area contributed by atoms with E-state index in [0.29, 0.717) is 0 Å².